The third kappa shape index (κ3) is 9.85. The standard InChI is InChI=1S/C40H44BrN3O10SSi/c1-40(2,3)56(5,6)54-30-21-32-33(22-34(38(45)51-4)42-39(46)53-26-28-15-11-8-12-16-28)37(41)36(52-25-27-13-9-7-10-14-27)23-35(32)43(24-30)55(49,50)31-19-17-29(18-20-31)44(47)48/h7-20,22-23,30H,21,24-26H2,1-6H3,(H,42,46)/b34-22-/t30-/m0/s1. The first-order valence-corrected chi connectivity index (χ1v) is 22.8. The van der Waals surface area contributed by atoms with Crippen molar-refractivity contribution in [1.29, 1.82) is 0 Å². The minimum absolute atomic E-state index is 0.0645. The summed E-state index contributed by atoms with van der Waals surface area (Å²) >= 11 is 3.68. The van der Waals surface area contributed by atoms with Crippen LogP contribution in [0.15, 0.2) is 106 Å². The number of halogens is 1. The summed E-state index contributed by atoms with van der Waals surface area (Å²) in [6, 6.07) is 24.6. The SMILES string of the molecule is COC(=O)/C(=C/c1c(Br)c(OCc2ccccc2)cc2c1C[C@H](O[Si](C)(C)C(C)(C)C)CN2S(=O)(=O)c1ccc([N+](=O)[O-])cc1)NC(=O)OCc1ccccc1. The van der Waals surface area contributed by atoms with Crippen molar-refractivity contribution in [2.45, 2.75) is 69.5 Å². The normalized spacial score (nSPS) is 14.7. The fourth-order valence-corrected chi connectivity index (χ4v) is 9.16. The van der Waals surface area contributed by atoms with Gasteiger partial charge in [-0.3, -0.25) is 19.7 Å². The molecule has 16 heteroatoms. The number of esters is 1. The third-order valence-corrected chi connectivity index (χ3v) is 16.9. The number of sulfonamides is 1. The van der Waals surface area contributed by atoms with Crippen molar-refractivity contribution in [3.63, 3.8) is 0 Å². The van der Waals surface area contributed by atoms with Crippen LogP contribution in [0.25, 0.3) is 6.08 Å². The smallest absolute Gasteiger partial charge is 0.412 e. The highest BCUT2D eigenvalue weighted by atomic mass is 79.9. The summed E-state index contributed by atoms with van der Waals surface area (Å²) in [5, 5.41) is 13.7. The monoisotopic (exact) mass is 865 g/mol. The van der Waals surface area contributed by atoms with Crippen molar-refractivity contribution in [2.75, 3.05) is 18.0 Å². The second-order valence-electron chi connectivity index (χ2n) is 14.6. The molecule has 0 saturated carbocycles. The first-order chi connectivity index (χ1) is 26.4. The van der Waals surface area contributed by atoms with Gasteiger partial charge in [0.2, 0.25) is 0 Å². The average molecular weight is 867 g/mol. The van der Waals surface area contributed by atoms with Gasteiger partial charge in [0.15, 0.2) is 8.32 Å². The van der Waals surface area contributed by atoms with E-state index in [2.05, 4.69) is 55.1 Å². The molecule has 0 saturated heterocycles. The molecule has 5 rings (SSSR count). The number of carbonyl (C=O) groups excluding carboxylic acids is 2. The van der Waals surface area contributed by atoms with Crippen molar-refractivity contribution >= 4 is 63.8 Å². The maximum absolute atomic E-state index is 14.6. The molecule has 0 bridgehead atoms. The van der Waals surface area contributed by atoms with Crippen LogP contribution < -0.4 is 14.4 Å². The van der Waals surface area contributed by atoms with Crippen molar-refractivity contribution in [1.82, 2.24) is 5.32 Å². The Morgan fingerprint density at radius 3 is 2.12 bits per heavy atom. The molecule has 0 aromatic heterocycles. The second-order valence-corrected chi connectivity index (χ2v) is 22.0. The lowest BCUT2D eigenvalue weighted by Crippen LogP contribution is -2.51. The quantitative estimate of drug-likeness (QED) is 0.0453. The lowest BCUT2D eigenvalue weighted by Gasteiger charge is -2.43. The van der Waals surface area contributed by atoms with Crippen LogP contribution in [0.3, 0.4) is 0 Å². The Kier molecular flexibility index (Phi) is 13.1. The highest BCUT2D eigenvalue weighted by molar-refractivity contribution is 9.10. The zero-order valence-corrected chi connectivity index (χ0v) is 35.3. The van der Waals surface area contributed by atoms with Gasteiger partial charge in [-0.1, -0.05) is 81.4 Å². The van der Waals surface area contributed by atoms with Crippen molar-refractivity contribution < 1.29 is 41.6 Å². The molecular formula is C40H44BrN3O10SSi. The summed E-state index contributed by atoms with van der Waals surface area (Å²) in [6.07, 6.45) is 0.0224. The van der Waals surface area contributed by atoms with E-state index in [1.165, 1.54) is 29.6 Å². The Morgan fingerprint density at radius 2 is 1.57 bits per heavy atom. The van der Waals surface area contributed by atoms with Crippen LogP contribution in [0, 0.1) is 10.1 Å². The molecule has 0 unspecified atom stereocenters. The number of anilines is 1. The van der Waals surface area contributed by atoms with Crippen LogP contribution in [0.2, 0.25) is 18.1 Å². The fourth-order valence-electron chi connectivity index (χ4n) is 5.72. The number of alkyl carbamates (subject to hydrolysis) is 1. The van der Waals surface area contributed by atoms with E-state index in [-0.39, 0.29) is 58.9 Å². The van der Waals surface area contributed by atoms with E-state index in [0.29, 0.717) is 15.6 Å². The Hall–Kier alpha value is -5.03. The number of fused-ring (bicyclic) bond motifs is 1. The molecular weight excluding hydrogens is 823 g/mol. The lowest BCUT2D eigenvalue weighted by atomic mass is 9.94. The summed E-state index contributed by atoms with van der Waals surface area (Å²) in [7, 11) is -5.72. The lowest BCUT2D eigenvalue weighted by molar-refractivity contribution is -0.384. The topological polar surface area (TPSA) is 164 Å². The summed E-state index contributed by atoms with van der Waals surface area (Å²) in [6.45, 7) is 10.3. The van der Waals surface area contributed by atoms with Gasteiger partial charge in [-0.2, -0.15) is 0 Å². The zero-order chi connectivity index (χ0) is 40.8. The number of nitro benzene ring substituents is 1. The number of non-ortho nitro benzene ring substituents is 1. The molecule has 4 aromatic carbocycles. The van der Waals surface area contributed by atoms with E-state index in [9.17, 15) is 28.1 Å². The number of hydrogen-bond acceptors (Lipinski definition) is 10. The first-order valence-electron chi connectivity index (χ1n) is 17.7. The molecule has 1 heterocycles. The minimum atomic E-state index is -4.38. The number of benzene rings is 4. The van der Waals surface area contributed by atoms with Crippen LogP contribution in [0.1, 0.15) is 43.0 Å². The summed E-state index contributed by atoms with van der Waals surface area (Å²) in [5.41, 5.74) is 2.03. The molecule has 296 valence electrons. The van der Waals surface area contributed by atoms with Gasteiger partial charge in [-0.25, -0.2) is 18.0 Å². The molecule has 1 atom stereocenters. The van der Waals surface area contributed by atoms with Gasteiger partial charge in [-0.05, 0) is 69.0 Å². The number of carbonyl (C=O) groups is 2. The largest absolute Gasteiger partial charge is 0.488 e. The molecule has 4 aromatic rings. The molecule has 0 aliphatic carbocycles. The molecule has 13 nitrogen and oxygen atoms in total. The molecule has 1 amide bonds. The van der Waals surface area contributed by atoms with Crippen LogP contribution in [0.5, 0.6) is 5.75 Å². The third-order valence-electron chi connectivity index (χ3n) is 9.71. The Morgan fingerprint density at radius 1 is 0.982 bits per heavy atom. The second kappa shape index (κ2) is 17.4. The number of methoxy groups -OCH3 is 1. The number of nitro groups is 1. The van der Waals surface area contributed by atoms with E-state index in [1.807, 2.05) is 36.4 Å². The predicted molar refractivity (Wildman–Crippen MR) is 218 cm³/mol. The van der Waals surface area contributed by atoms with Gasteiger partial charge in [0.1, 0.15) is 24.7 Å². The number of ether oxygens (including phenoxy) is 3. The maximum atomic E-state index is 14.6. The average Bonchev–Trinajstić information content (AvgIpc) is 3.16. The molecule has 1 aliphatic rings. The van der Waals surface area contributed by atoms with E-state index in [1.54, 1.807) is 30.3 Å². The molecule has 0 spiro atoms. The van der Waals surface area contributed by atoms with E-state index >= 15 is 0 Å². The maximum Gasteiger partial charge on any atom is 0.412 e. The van der Waals surface area contributed by atoms with Gasteiger partial charge in [0.05, 0.1) is 39.7 Å². The molecule has 0 radical (unpaired) electrons. The van der Waals surface area contributed by atoms with Crippen LogP contribution in [-0.2, 0) is 48.4 Å². The number of rotatable bonds is 13. The van der Waals surface area contributed by atoms with Crippen molar-refractivity contribution in [3.8, 4) is 5.75 Å². The first kappa shape index (κ1) is 42.1. The Labute approximate surface area is 336 Å². The van der Waals surface area contributed by atoms with Gasteiger partial charge in [-0.15, -0.1) is 0 Å². The summed E-state index contributed by atoms with van der Waals surface area (Å²) in [4.78, 5) is 37.0. The van der Waals surface area contributed by atoms with Gasteiger partial charge in [0, 0.05) is 30.2 Å². The number of nitrogens with one attached hydrogen (secondary N) is 1. The fraction of sp³-hybridized carbons (Fsp3) is 0.300. The van der Waals surface area contributed by atoms with Crippen LogP contribution >= 0.6 is 15.9 Å². The molecule has 0 fully saturated rings. The minimum Gasteiger partial charge on any atom is -0.488 e. The molecule has 56 heavy (non-hydrogen) atoms. The van der Waals surface area contributed by atoms with E-state index in [0.717, 1.165) is 23.3 Å². The van der Waals surface area contributed by atoms with E-state index in [4.69, 9.17) is 18.6 Å². The Balaban J connectivity index is 1.69. The number of nitrogens with zero attached hydrogens (tertiary/aromatic N) is 2. The molecule has 1 aliphatic heterocycles. The number of hydrogen-bond donors (Lipinski definition) is 1. The Bertz CT molecular complexity index is 2210. The van der Waals surface area contributed by atoms with Gasteiger partial charge in [0.25, 0.3) is 15.7 Å². The predicted octanol–water partition coefficient (Wildman–Crippen LogP) is 8.52. The van der Waals surface area contributed by atoms with E-state index < -0.39 is 41.4 Å². The number of amides is 1. The van der Waals surface area contributed by atoms with Gasteiger partial charge < -0.3 is 18.6 Å². The summed E-state index contributed by atoms with van der Waals surface area (Å²) in [5.74, 6) is -0.652. The van der Waals surface area contributed by atoms with Crippen molar-refractivity contribution in [3.05, 3.63) is 134 Å². The highest BCUT2D eigenvalue weighted by Crippen LogP contribution is 2.46. The van der Waals surface area contributed by atoms with Gasteiger partial charge >= 0.3 is 12.1 Å². The zero-order valence-electron chi connectivity index (χ0n) is 31.9. The molecule has 1 N–H and O–H groups in total. The van der Waals surface area contributed by atoms with Crippen molar-refractivity contribution in [2.24, 2.45) is 0 Å². The van der Waals surface area contributed by atoms with Crippen LogP contribution in [-0.4, -0.2) is 53.5 Å². The highest BCUT2D eigenvalue weighted by Gasteiger charge is 2.43. The summed E-state index contributed by atoms with van der Waals surface area (Å²) < 4.78 is 54.5. The van der Waals surface area contributed by atoms with Crippen LogP contribution in [0.4, 0.5) is 16.2 Å².